The van der Waals surface area contributed by atoms with Gasteiger partial charge in [0, 0.05) is 72.3 Å². The standard InChI is InChI=1S/C46H56N12O12S2.2Na/c59-21-25-67-29-27-65-23-7-19-47-41-53-43(49-35-9-3-1-4-10-35)57-45(55-41)51-37-17-15-33(39(31-37)69-71(61)62)13-14-34-16-18-38(32-40(34)70-72(63)64)52-46-56-42(48-20-8-24-66-28-30-68-26-22-60)54-44(58-46)50-36-11-5-2-6-12-36;;/h1-6,9-18,31-32,59-60H,7-8,19-30H2,(H,61,62)(H,63,64)(H3,47,49,51,53,55,57)(H3,48,50,52,54,56,58);;/q;2*+1/p-2/b14-13+;;. The van der Waals surface area contributed by atoms with E-state index in [0.717, 1.165) is 11.4 Å². The van der Waals surface area contributed by atoms with Crippen LogP contribution in [0.1, 0.15) is 24.0 Å². The molecular weight excluding hydrogens is 1020 g/mol. The topological polar surface area (TPSA) is 326 Å². The van der Waals surface area contributed by atoms with E-state index in [1.807, 2.05) is 60.7 Å². The maximum absolute atomic E-state index is 11.9. The van der Waals surface area contributed by atoms with E-state index in [-0.39, 0.29) is 133 Å². The van der Waals surface area contributed by atoms with Crippen molar-refractivity contribution in [2.75, 3.05) is 111 Å². The Hall–Kier alpha value is -4.98. The molecule has 0 amide bonds. The smallest absolute Gasteiger partial charge is 0.740 e. The van der Waals surface area contributed by atoms with Crippen molar-refractivity contribution < 1.29 is 114 Å². The SMILES string of the molecule is O=S([O-])Oc1cc(Nc2nc(NCCCOCCOCCO)nc(Nc3ccccc3)n2)ccc1/C=C/c1ccc(Nc2nc(NCCCOCCOCCO)nc(Nc3ccccc3)n2)cc1OS(=O)[O-].[Na+].[Na+]. The van der Waals surface area contributed by atoms with Crippen molar-refractivity contribution in [1.29, 1.82) is 0 Å². The molecule has 384 valence electrons. The molecule has 0 aliphatic heterocycles. The number of aliphatic hydroxyl groups is 2. The molecule has 0 radical (unpaired) electrons. The van der Waals surface area contributed by atoms with Gasteiger partial charge in [0.05, 0.1) is 52.9 Å². The predicted molar refractivity (Wildman–Crippen MR) is 270 cm³/mol. The van der Waals surface area contributed by atoms with E-state index >= 15 is 0 Å². The molecule has 0 fully saturated rings. The molecule has 2 atom stereocenters. The molecule has 0 aliphatic carbocycles. The van der Waals surface area contributed by atoms with E-state index in [1.54, 1.807) is 24.3 Å². The molecule has 2 aromatic heterocycles. The van der Waals surface area contributed by atoms with Gasteiger partial charge in [-0.3, -0.25) is 0 Å². The van der Waals surface area contributed by atoms with Gasteiger partial charge in [-0.1, -0.05) is 48.6 Å². The summed E-state index contributed by atoms with van der Waals surface area (Å²) in [5, 5.41) is 36.5. The van der Waals surface area contributed by atoms with Gasteiger partial charge in [0.15, 0.2) is 0 Å². The van der Waals surface area contributed by atoms with Crippen molar-refractivity contribution in [3.8, 4) is 11.5 Å². The Labute approximate surface area is 477 Å². The summed E-state index contributed by atoms with van der Waals surface area (Å²) in [5.74, 6) is 1.03. The zero-order chi connectivity index (χ0) is 50.6. The van der Waals surface area contributed by atoms with Crippen LogP contribution in [0.3, 0.4) is 0 Å². The molecule has 0 aliphatic rings. The van der Waals surface area contributed by atoms with Gasteiger partial charge in [-0.25, -0.2) is 8.42 Å². The number of anilines is 10. The first-order valence-corrected chi connectivity index (χ1v) is 24.4. The van der Waals surface area contributed by atoms with E-state index < -0.39 is 22.7 Å². The van der Waals surface area contributed by atoms with Crippen LogP contribution >= 0.6 is 0 Å². The fraction of sp³-hybridized carbons (Fsp3) is 0.304. The molecule has 6 rings (SSSR count). The van der Waals surface area contributed by atoms with E-state index in [0.29, 0.717) is 88.1 Å². The van der Waals surface area contributed by atoms with Crippen LogP contribution in [0.15, 0.2) is 97.1 Å². The maximum Gasteiger partial charge on any atom is 1.00 e. The number of rotatable bonds is 34. The van der Waals surface area contributed by atoms with Gasteiger partial charge in [0.1, 0.15) is 34.2 Å². The summed E-state index contributed by atoms with van der Waals surface area (Å²) in [7, 11) is 0. The van der Waals surface area contributed by atoms with Crippen molar-refractivity contribution in [1.82, 2.24) is 29.9 Å². The number of aromatic nitrogens is 6. The normalized spacial score (nSPS) is 11.7. The summed E-state index contributed by atoms with van der Waals surface area (Å²) in [6.07, 6.45) is 4.29. The molecule has 24 nitrogen and oxygen atoms in total. The minimum atomic E-state index is -2.98. The van der Waals surface area contributed by atoms with Crippen molar-refractivity contribution >= 4 is 93.3 Å². The summed E-state index contributed by atoms with van der Waals surface area (Å²) in [4.78, 5) is 27.0. The number of aliphatic hydroxyl groups excluding tert-OH is 2. The Morgan fingerprint density at radius 1 is 0.446 bits per heavy atom. The fourth-order valence-corrected chi connectivity index (χ4v) is 6.77. The van der Waals surface area contributed by atoms with Crippen molar-refractivity contribution in [3.05, 3.63) is 108 Å². The number of hydrogen-bond donors (Lipinski definition) is 8. The van der Waals surface area contributed by atoms with Crippen molar-refractivity contribution in [2.24, 2.45) is 0 Å². The van der Waals surface area contributed by atoms with Crippen LogP contribution in [0.5, 0.6) is 11.5 Å². The van der Waals surface area contributed by atoms with Gasteiger partial charge in [-0.05, 0) is 61.4 Å². The molecule has 0 spiro atoms. The molecule has 8 N–H and O–H groups in total. The summed E-state index contributed by atoms with van der Waals surface area (Å²) >= 11 is -5.96. The van der Waals surface area contributed by atoms with Crippen LogP contribution in [0, 0.1) is 0 Å². The predicted octanol–water partition coefficient (Wildman–Crippen LogP) is -0.790. The average molecular weight is 1080 g/mol. The Morgan fingerprint density at radius 2 is 0.784 bits per heavy atom. The molecule has 0 bridgehead atoms. The third-order valence-corrected chi connectivity index (χ3v) is 9.97. The molecular formula is C46H54N12Na2O12S2. The minimum absolute atomic E-state index is 0. The number of hydrogen-bond acceptors (Lipinski definition) is 24. The monoisotopic (exact) mass is 1080 g/mol. The first kappa shape index (κ1) is 61.6. The molecule has 0 saturated carbocycles. The second-order valence-corrected chi connectivity index (χ2v) is 15.9. The van der Waals surface area contributed by atoms with Crippen molar-refractivity contribution in [2.45, 2.75) is 12.8 Å². The third kappa shape index (κ3) is 23.3. The van der Waals surface area contributed by atoms with E-state index in [2.05, 4.69) is 61.8 Å². The molecule has 2 unspecified atom stereocenters. The minimum Gasteiger partial charge on any atom is -0.740 e. The van der Waals surface area contributed by atoms with Gasteiger partial charge in [0.2, 0.25) is 35.7 Å². The Morgan fingerprint density at radius 3 is 1.14 bits per heavy atom. The summed E-state index contributed by atoms with van der Waals surface area (Å²) < 4.78 is 79.5. The Balaban J connectivity index is 0.00000593. The molecule has 2 heterocycles. The van der Waals surface area contributed by atoms with Gasteiger partial charge >= 0.3 is 59.1 Å². The van der Waals surface area contributed by atoms with Gasteiger partial charge in [-0.2, -0.15) is 29.9 Å². The van der Waals surface area contributed by atoms with Crippen LogP contribution in [-0.2, 0) is 41.7 Å². The van der Waals surface area contributed by atoms with Crippen LogP contribution in [0.4, 0.5) is 58.4 Å². The second kappa shape index (κ2) is 35.3. The fourth-order valence-electron chi connectivity index (χ4n) is 6.18. The van der Waals surface area contributed by atoms with Crippen molar-refractivity contribution in [3.63, 3.8) is 0 Å². The van der Waals surface area contributed by atoms with E-state index in [1.165, 1.54) is 24.3 Å². The zero-order valence-corrected chi connectivity index (χ0v) is 46.4. The number of nitrogens with zero attached hydrogens (tertiary/aromatic N) is 6. The quantitative estimate of drug-likeness (QED) is 0.0106. The molecule has 74 heavy (non-hydrogen) atoms. The van der Waals surface area contributed by atoms with Crippen LogP contribution in [0.2, 0.25) is 0 Å². The molecule has 4 aromatic carbocycles. The first-order chi connectivity index (χ1) is 35.2. The van der Waals surface area contributed by atoms with Crippen LogP contribution in [-0.4, -0.2) is 137 Å². The summed E-state index contributed by atoms with van der Waals surface area (Å²) in [6, 6.07) is 27.9. The number of ether oxygens (including phenoxy) is 4. The Bertz CT molecular complexity index is 2480. The Kier molecular flexibility index (Phi) is 29.4. The van der Waals surface area contributed by atoms with Crippen LogP contribution < -0.4 is 99.4 Å². The molecule has 0 saturated heterocycles. The molecule has 28 heteroatoms. The van der Waals surface area contributed by atoms with Gasteiger partial charge in [0.25, 0.3) is 0 Å². The van der Waals surface area contributed by atoms with E-state index in [4.69, 9.17) is 37.5 Å². The average Bonchev–Trinajstić information content (AvgIpc) is 3.36. The van der Waals surface area contributed by atoms with Gasteiger partial charge < -0.3 is 78.5 Å². The third-order valence-electron chi connectivity index (χ3n) is 9.34. The number of para-hydroxylation sites is 2. The summed E-state index contributed by atoms with van der Waals surface area (Å²) in [6.45, 7) is 3.74. The number of nitrogens with one attached hydrogen (secondary N) is 6. The first-order valence-electron chi connectivity index (χ1n) is 22.4. The van der Waals surface area contributed by atoms with Crippen LogP contribution in [0.25, 0.3) is 12.2 Å². The summed E-state index contributed by atoms with van der Waals surface area (Å²) in [5.41, 5.74) is 2.78. The largest absolute Gasteiger partial charge is 1.00 e. The zero-order valence-electron chi connectivity index (χ0n) is 40.8. The maximum atomic E-state index is 11.9. The molecule has 6 aromatic rings. The van der Waals surface area contributed by atoms with E-state index in [9.17, 15) is 17.5 Å². The van der Waals surface area contributed by atoms with Gasteiger partial charge in [-0.15, -0.1) is 0 Å². The number of benzene rings is 4. The second-order valence-electron chi connectivity index (χ2n) is 14.7.